The number of aliphatic hydroxyl groups excluding tert-OH is 1. The van der Waals surface area contributed by atoms with Gasteiger partial charge >= 0.3 is 0 Å². The lowest BCUT2D eigenvalue weighted by atomic mass is 10.2. The summed E-state index contributed by atoms with van der Waals surface area (Å²) in [5, 5.41) is 19.4. The lowest BCUT2D eigenvalue weighted by Crippen LogP contribution is -2.04. The second-order valence-corrected chi connectivity index (χ2v) is 8.66. The van der Waals surface area contributed by atoms with Crippen molar-refractivity contribution < 1.29 is 13.5 Å². The normalized spacial score (nSPS) is 14.1. The Bertz CT molecular complexity index is 1130. The zero-order chi connectivity index (χ0) is 20.4. The summed E-state index contributed by atoms with van der Waals surface area (Å²) >= 11 is 6.22. The molecule has 0 bridgehead atoms. The van der Waals surface area contributed by atoms with Crippen LogP contribution in [-0.2, 0) is 10.0 Å². The molecule has 0 saturated heterocycles. The second kappa shape index (κ2) is 8.07. The number of halogens is 1. The molecular formula is C18H18ClN6O3S-. The number of nitrogens with zero attached hydrogens (tertiary/aromatic N) is 4. The Balaban J connectivity index is 1.60. The molecule has 2 heterocycles. The maximum atomic E-state index is 12.2. The summed E-state index contributed by atoms with van der Waals surface area (Å²) in [5.74, 6) is 1.80. The van der Waals surface area contributed by atoms with Gasteiger partial charge in [-0.3, -0.25) is 5.10 Å². The van der Waals surface area contributed by atoms with Gasteiger partial charge in [0.05, 0.1) is 6.20 Å². The monoisotopic (exact) mass is 433 g/mol. The van der Waals surface area contributed by atoms with Crippen LogP contribution in [0.25, 0.3) is 16.1 Å². The van der Waals surface area contributed by atoms with Gasteiger partial charge in [0, 0.05) is 34.7 Å². The number of benzene rings is 1. The van der Waals surface area contributed by atoms with Crippen LogP contribution in [0.2, 0.25) is 5.02 Å². The van der Waals surface area contributed by atoms with Gasteiger partial charge in [0.15, 0.2) is 17.5 Å². The maximum absolute atomic E-state index is 12.2. The topological polar surface area (TPSA) is 135 Å². The van der Waals surface area contributed by atoms with Gasteiger partial charge in [-0.2, -0.15) is 5.10 Å². The van der Waals surface area contributed by atoms with Crippen molar-refractivity contribution in [2.45, 2.75) is 23.7 Å². The Morgan fingerprint density at radius 3 is 2.90 bits per heavy atom. The predicted octanol–water partition coefficient (Wildman–Crippen LogP) is 3.20. The van der Waals surface area contributed by atoms with E-state index in [0.29, 0.717) is 34.0 Å². The van der Waals surface area contributed by atoms with Gasteiger partial charge in [0.25, 0.3) is 0 Å². The summed E-state index contributed by atoms with van der Waals surface area (Å²) in [6.45, 7) is -0.533. The molecule has 1 aromatic carbocycles. The number of aromatic amines is 1. The van der Waals surface area contributed by atoms with Gasteiger partial charge in [-0.25, -0.2) is 18.4 Å². The Kier molecular flexibility index (Phi) is 5.50. The Hall–Kier alpha value is -2.53. The van der Waals surface area contributed by atoms with Crippen LogP contribution in [0.3, 0.4) is 0 Å². The highest BCUT2D eigenvalue weighted by Gasteiger charge is 2.25. The van der Waals surface area contributed by atoms with Crippen LogP contribution in [0.1, 0.15) is 24.5 Å². The summed E-state index contributed by atoms with van der Waals surface area (Å²) < 4.78 is 28.0. The first-order valence-electron chi connectivity index (χ1n) is 8.96. The molecule has 0 aliphatic heterocycles. The molecule has 152 valence electrons. The predicted molar refractivity (Wildman–Crippen MR) is 109 cm³/mol. The highest BCUT2D eigenvalue weighted by Crippen LogP contribution is 2.39. The summed E-state index contributed by atoms with van der Waals surface area (Å²) in [6, 6.07) is 8.06. The third-order valence-corrected chi connectivity index (χ3v) is 6.01. The zero-order valence-corrected chi connectivity index (χ0v) is 16.8. The van der Waals surface area contributed by atoms with Crippen molar-refractivity contribution in [2.24, 2.45) is 0 Å². The van der Waals surface area contributed by atoms with E-state index in [-0.39, 0.29) is 18.0 Å². The van der Waals surface area contributed by atoms with Gasteiger partial charge in [0.2, 0.25) is 0 Å². The molecule has 4 rings (SSSR count). The molecule has 1 saturated carbocycles. The molecule has 9 nitrogen and oxygen atoms in total. The fourth-order valence-corrected chi connectivity index (χ4v) is 3.89. The largest absolute Gasteiger partial charge is 0.543 e. The minimum atomic E-state index is -3.87. The fourth-order valence-electron chi connectivity index (χ4n) is 2.75. The zero-order valence-electron chi connectivity index (χ0n) is 15.2. The SMILES string of the molecule is O=S(=O)([N-]CCO)c1cccc(-c2ncc(Cl)c(Nc3cc(C4CC4)[nH]n3)n2)c1. The number of aromatic nitrogens is 4. The van der Waals surface area contributed by atoms with Gasteiger partial charge in [-0.15, -0.1) is 6.54 Å². The van der Waals surface area contributed by atoms with Crippen molar-refractivity contribution >= 4 is 33.3 Å². The number of hydrogen-bond acceptors (Lipinski definition) is 7. The van der Waals surface area contributed by atoms with E-state index in [0.717, 1.165) is 18.5 Å². The van der Waals surface area contributed by atoms with Crippen molar-refractivity contribution in [1.82, 2.24) is 20.2 Å². The van der Waals surface area contributed by atoms with E-state index in [1.165, 1.54) is 18.3 Å². The van der Waals surface area contributed by atoms with Gasteiger partial charge < -0.3 is 15.1 Å². The number of rotatable bonds is 8. The third kappa shape index (κ3) is 4.56. The fraction of sp³-hybridized carbons (Fsp3) is 0.278. The van der Waals surface area contributed by atoms with E-state index in [4.69, 9.17) is 16.7 Å². The average molecular weight is 434 g/mol. The van der Waals surface area contributed by atoms with Crippen LogP contribution in [0.4, 0.5) is 11.6 Å². The molecule has 0 atom stereocenters. The lowest BCUT2D eigenvalue weighted by molar-refractivity contribution is 0.314. The number of sulfonamides is 1. The van der Waals surface area contributed by atoms with E-state index >= 15 is 0 Å². The van der Waals surface area contributed by atoms with E-state index < -0.39 is 10.0 Å². The standard InChI is InChI=1S/C18H18ClN6O3S/c19-14-10-20-17(12-2-1-3-13(8-12)29(27,28)21-6-7-26)23-18(14)22-16-9-15(24-25-16)11-4-5-11/h1-3,8-11,26H,4-7H2,(H2,20,22,23,24,25)/q-1. The van der Waals surface area contributed by atoms with Crippen molar-refractivity contribution in [3.8, 4) is 11.4 Å². The van der Waals surface area contributed by atoms with Gasteiger partial charge in [-0.05, 0) is 25.0 Å². The van der Waals surface area contributed by atoms with Crippen molar-refractivity contribution in [2.75, 3.05) is 18.5 Å². The van der Waals surface area contributed by atoms with Crippen LogP contribution in [0, 0.1) is 0 Å². The van der Waals surface area contributed by atoms with Crippen LogP contribution in [0.15, 0.2) is 41.4 Å². The van der Waals surface area contributed by atoms with Gasteiger partial charge in [0.1, 0.15) is 15.0 Å². The molecule has 2 aromatic heterocycles. The highest BCUT2D eigenvalue weighted by atomic mass is 35.5. The van der Waals surface area contributed by atoms with Crippen molar-refractivity contribution in [3.05, 3.63) is 52.0 Å². The molecule has 1 aliphatic rings. The smallest absolute Gasteiger partial charge is 0.161 e. The van der Waals surface area contributed by atoms with E-state index in [1.54, 1.807) is 12.1 Å². The molecule has 11 heteroatoms. The third-order valence-electron chi connectivity index (χ3n) is 4.36. The Morgan fingerprint density at radius 2 is 2.14 bits per heavy atom. The van der Waals surface area contributed by atoms with E-state index in [2.05, 4.69) is 30.2 Å². The molecule has 29 heavy (non-hydrogen) atoms. The molecule has 0 unspecified atom stereocenters. The summed E-state index contributed by atoms with van der Waals surface area (Å²) in [5.41, 5.74) is 1.56. The Morgan fingerprint density at radius 1 is 1.31 bits per heavy atom. The highest BCUT2D eigenvalue weighted by molar-refractivity contribution is 7.94. The lowest BCUT2D eigenvalue weighted by Gasteiger charge is -2.18. The van der Waals surface area contributed by atoms with Gasteiger partial charge in [-0.1, -0.05) is 23.7 Å². The number of nitrogens with one attached hydrogen (secondary N) is 2. The van der Waals surface area contributed by atoms with Crippen LogP contribution >= 0.6 is 11.6 Å². The first-order valence-corrected chi connectivity index (χ1v) is 10.8. The maximum Gasteiger partial charge on any atom is 0.161 e. The summed E-state index contributed by atoms with van der Waals surface area (Å²) in [7, 11) is -3.87. The number of H-pyrrole nitrogens is 1. The van der Waals surface area contributed by atoms with Crippen molar-refractivity contribution in [1.29, 1.82) is 0 Å². The van der Waals surface area contributed by atoms with E-state index in [9.17, 15) is 8.42 Å². The van der Waals surface area contributed by atoms with E-state index in [1.807, 2.05) is 6.07 Å². The second-order valence-electron chi connectivity index (χ2n) is 6.58. The molecule has 3 N–H and O–H groups in total. The number of aliphatic hydroxyl groups is 1. The molecule has 0 radical (unpaired) electrons. The van der Waals surface area contributed by atoms with Crippen LogP contribution in [0.5, 0.6) is 0 Å². The quantitative estimate of drug-likeness (QED) is 0.496. The number of anilines is 2. The average Bonchev–Trinajstić information content (AvgIpc) is 3.47. The molecule has 0 spiro atoms. The first-order chi connectivity index (χ1) is 14.0. The summed E-state index contributed by atoms with van der Waals surface area (Å²) in [4.78, 5) is 8.62. The molecular weight excluding hydrogens is 416 g/mol. The first kappa shape index (κ1) is 19.8. The molecule has 3 aromatic rings. The van der Waals surface area contributed by atoms with Crippen LogP contribution < -0.4 is 5.32 Å². The number of hydrogen-bond donors (Lipinski definition) is 3. The van der Waals surface area contributed by atoms with Crippen molar-refractivity contribution in [3.63, 3.8) is 0 Å². The Labute approximate surface area is 172 Å². The summed E-state index contributed by atoms with van der Waals surface area (Å²) in [6.07, 6.45) is 3.76. The van der Waals surface area contributed by atoms with Crippen LogP contribution in [-0.4, -0.2) is 46.8 Å². The minimum absolute atomic E-state index is 0.00196. The molecule has 0 amide bonds. The molecule has 1 aliphatic carbocycles. The molecule has 1 fully saturated rings. The minimum Gasteiger partial charge on any atom is -0.543 e.